The Hall–Kier alpha value is -0.890. The second-order valence-corrected chi connectivity index (χ2v) is 5.20. The van der Waals surface area contributed by atoms with Crippen LogP contribution in [0.2, 0.25) is 0 Å². The highest BCUT2D eigenvalue weighted by molar-refractivity contribution is 5.91. The smallest absolute Gasteiger partial charge is 0.158 e. The lowest BCUT2D eigenvalue weighted by Gasteiger charge is -2.00. The Bertz CT molecular complexity index is 246. The minimum absolute atomic E-state index is 0. The molecule has 0 aromatic carbocycles. The molecule has 0 aliphatic rings. The number of nitrogens with two attached hydrogens (primary N) is 1. The summed E-state index contributed by atoms with van der Waals surface area (Å²) in [5.74, 6) is 0.432. The summed E-state index contributed by atoms with van der Waals surface area (Å²) in [5, 5.41) is 0. The largest absolute Gasteiger partial charge is 0.330 e. The third-order valence-corrected chi connectivity index (χ3v) is 3.29. The second-order valence-electron chi connectivity index (χ2n) is 5.20. The van der Waals surface area contributed by atoms with Crippen molar-refractivity contribution in [3.8, 4) is 0 Å². The summed E-state index contributed by atoms with van der Waals surface area (Å²) in [6.07, 6.45) is 15.4. The Balaban J connectivity index is -0.000000300. The van der Waals surface area contributed by atoms with Crippen LogP contribution in [0.5, 0.6) is 0 Å². The molecule has 0 aromatic heterocycles. The molecular weight excluding hydrogens is 258 g/mol. The highest BCUT2D eigenvalue weighted by atomic mass is 16.1. The molecule has 21 heavy (non-hydrogen) atoms. The van der Waals surface area contributed by atoms with E-state index >= 15 is 0 Å². The van der Waals surface area contributed by atoms with Crippen LogP contribution >= 0.6 is 0 Å². The van der Waals surface area contributed by atoms with E-state index in [1.807, 2.05) is 26.8 Å². The first-order chi connectivity index (χ1) is 9.63. The predicted octanol–water partition coefficient (Wildman–Crippen LogP) is 5.68. The van der Waals surface area contributed by atoms with Gasteiger partial charge in [0.15, 0.2) is 5.78 Å². The van der Waals surface area contributed by atoms with Crippen molar-refractivity contribution in [1.29, 1.82) is 0 Å². The monoisotopic (exact) mass is 297 g/mol. The quantitative estimate of drug-likeness (QED) is 0.303. The first-order valence-corrected chi connectivity index (χ1v) is 8.11. The zero-order chi connectivity index (χ0) is 15.6. The highest BCUT2D eigenvalue weighted by Gasteiger charge is 2.04. The third-order valence-electron chi connectivity index (χ3n) is 3.29. The zero-order valence-electron chi connectivity index (χ0n) is 13.9. The molecule has 2 nitrogen and oxygen atoms in total. The van der Waals surface area contributed by atoms with Gasteiger partial charge in [0.1, 0.15) is 0 Å². The van der Waals surface area contributed by atoms with E-state index in [2.05, 4.69) is 6.58 Å². The Kier molecular flexibility index (Phi) is 25.6. The maximum absolute atomic E-state index is 10.9. The van der Waals surface area contributed by atoms with Crippen molar-refractivity contribution in [2.24, 2.45) is 11.7 Å². The van der Waals surface area contributed by atoms with Crippen molar-refractivity contribution in [3.05, 3.63) is 24.8 Å². The van der Waals surface area contributed by atoms with Gasteiger partial charge in [0.25, 0.3) is 0 Å². The molecule has 2 heteroatoms. The van der Waals surface area contributed by atoms with E-state index in [1.54, 1.807) is 12.2 Å². The van der Waals surface area contributed by atoms with Crippen LogP contribution in [0.1, 0.15) is 79.6 Å². The van der Waals surface area contributed by atoms with Crippen LogP contribution in [0.15, 0.2) is 24.8 Å². The fourth-order valence-electron chi connectivity index (χ4n) is 1.67. The number of hydrogen-bond donors (Lipinski definition) is 1. The fraction of sp³-hybridized carbons (Fsp3) is 0.737. The van der Waals surface area contributed by atoms with E-state index < -0.39 is 0 Å². The molecule has 1 atom stereocenters. The molecule has 0 heterocycles. The lowest BCUT2D eigenvalue weighted by Crippen LogP contribution is -2.05. The minimum atomic E-state index is 0. The van der Waals surface area contributed by atoms with Gasteiger partial charge >= 0.3 is 0 Å². The summed E-state index contributed by atoms with van der Waals surface area (Å²) < 4.78 is 0. The highest BCUT2D eigenvalue weighted by Crippen LogP contribution is 2.06. The average Bonchev–Trinajstić information content (AvgIpc) is 2.46. The van der Waals surface area contributed by atoms with Crippen LogP contribution in [0.4, 0.5) is 0 Å². The normalized spacial score (nSPS) is 11.2. The van der Waals surface area contributed by atoms with Crippen LogP contribution in [0.3, 0.4) is 0 Å². The summed E-state index contributed by atoms with van der Waals surface area (Å²) in [7, 11) is 0. The molecule has 0 saturated carbocycles. The van der Waals surface area contributed by atoms with Gasteiger partial charge in [-0.15, -0.1) is 6.58 Å². The molecule has 2 N–H and O–H groups in total. The summed E-state index contributed by atoms with van der Waals surface area (Å²) in [6, 6.07) is 0. The average molecular weight is 298 g/mol. The van der Waals surface area contributed by atoms with Crippen LogP contribution in [-0.2, 0) is 4.79 Å². The van der Waals surface area contributed by atoms with Crippen molar-refractivity contribution in [3.63, 3.8) is 0 Å². The summed E-state index contributed by atoms with van der Waals surface area (Å²) >= 11 is 0. The molecule has 0 amide bonds. The first kappa shape index (κ1) is 25.1. The van der Waals surface area contributed by atoms with Gasteiger partial charge in [0.2, 0.25) is 0 Å². The van der Waals surface area contributed by atoms with Gasteiger partial charge in [-0.2, -0.15) is 0 Å². The summed E-state index contributed by atoms with van der Waals surface area (Å²) in [4.78, 5) is 10.9. The van der Waals surface area contributed by atoms with Gasteiger partial charge in [-0.05, 0) is 45.2 Å². The number of rotatable bonds is 11. The van der Waals surface area contributed by atoms with Crippen LogP contribution in [0.25, 0.3) is 0 Å². The van der Waals surface area contributed by atoms with Crippen molar-refractivity contribution in [1.82, 2.24) is 0 Å². The maximum Gasteiger partial charge on any atom is 0.158 e. The van der Waals surface area contributed by atoms with E-state index in [0.29, 0.717) is 0 Å². The van der Waals surface area contributed by atoms with Crippen LogP contribution in [-0.4, -0.2) is 12.3 Å². The van der Waals surface area contributed by atoms with Gasteiger partial charge in [-0.3, -0.25) is 4.79 Å². The molecule has 0 aromatic rings. The zero-order valence-corrected chi connectivity index (χ0v) is 13.9. The molecule has 0 radical (unpaired) electrons. The molecule has 126 valence electrons. The van der Waals surface area contributed by atoms with Gasteiger partial charge in [0, 0.05) is 5.92 Å². The molecule has 0 fully saturated rings. The van der Waals surface area contributed by atoms with E-state index in [4.69, 9.17) is 5.73 Å². The number of allylic oxidation sites excluding steroid dienone is 3. The Morgan fingerprint density at radius 3 is 2.10 bits per heavy atom. The lowest BCUT2D eigenvalue weighted by molar-refractivity contribution is -0.117. The van der Waals surface area contributed by atoms with Crippen molar-refractivity contribution < 1.29 is 4.79 Å². The van der Waals surface area contributed by atoms with Crippen LogP contribution in [0, 0.1) is 5.92 Å². The molecular formula is C19H39NO. The van der Waals surface area contributed by atoms with Crippen molar-refractivity contribution in [2.75, 3.05) is 6.54 Å². The van der Waals surface area contributed by atoms with Gasteiger partial charge in [-0.25, -0.2) is 0 Å². The molecule has 0 aliphatic heterocycles. The van der Waals surface area contributed by atoms with Gasteiger partial charge < -0.3 is 5.73 Å². The molecule has 0 spiro atoms. The predicted molar refractivity (Wildman–Crippen MR) is 97.6 cm³/mol. The number of unbranched alkanes of at least 4 members (excludes halogenated alkanes) is 6. The van der Waals surface area contributed by atoms with E-state index in [1.165, 1.54) is 44.9 Å². The number of ketones is 1. The van der Waals surface area contributed by atoms with Crippen molar-refractivity contribution in [2.45, 2.75) is 79.6 Å². The van der Waals surface area contributed by atoms with E-state index in [9.17, 15) is 4.79 Å². The standard InChI is InChI=1S/C10H21N.C8H14O.CH4/c1-2-3-4-5-6-7-8-9-10-11;1-4-6-8(9)7(3)5-2;/h2H,1,3-11H2;4,6-7H,5H2,1-3H3;1H4/b;6-4+;. The Morgan fingerprint density at radius 1 is 1.14 bits per heavy atom. The van der Waals surface area contributed by atoms with E-state index in [-0.39, 0.29) is 19.1 Å². The Labute approximate surface area is 133 Å². The molecule has 0 saturated heterocycles. The molecule has 1 unspecified atom stereocenters. The number of carbonyl (C=O) groups is 1. The maximum atomic E-state index is 10.9. The van der Waals surface area contributed by atoms with Crippen molar-refractivity contribution >= 4 is 5.78 Å². The number of hydrogen-bond acceptors (Lipinski definition) is 2. The van der Waals surface area contributed by atoms with Gasteiger partial charge in [-0.1, -0.05) is 59.1 Å². The second kappa shape index (κ2) is 21.4. The molecule has 0 bridgehead atoms. The summed E-state index contributed by atoms with van der Waals surface area (Å²) in [6.45, 7) is 10.4. The molecule has 0 aliphatic carbocycles. The summed E-state index contributed by atoms with van der Waals surface area (Å²) in [5.41, 5.74) is 5.38. The Morgan fingerprint density at radius 2 is 1.67 bits per heavy atom. The third kappa shape index (κ3) is 21.6. The van der Waals surface area contributed by atoms with E-state index in [0.717, 1.165) is 13.0 Å². The van der Waals surface area contributed by atoms with Gasteiger partial charge in [0.05, 0.1) is 0 Å². The topological polar surface area (TPSA) is 43.1 Å². The first-order valence-electron chi connectivity index (χ1n) is 8.11. The number of carbonyl (C=O) groups excluding carboxylic acids is 1. The molecule has 0 rings (SSSR count). The SMILES string of the molecule is C.C/C=C/C(=O)C(C)CC.C=CCCCCCCCCN. The lowest BCUT2D eigenvalue weighted by atomic mass is 10.0. The minimum Gasteiger partial charge on any atom is -0.330 e. The fourth-order valence-corrected chi connectivity index (χ4v) is 1.67. The van der Waals surface area contributed by atoms with Crippen LogP contribution < -0.4 is 5.73 Å².